The van der Waals surface area contributed by atoms with Gasteiger partial charge in [-0.1, -0.05) is 18.2 Å². The molecule has 1 saturated heterocycles. The predicted molar refractivity (Wildman–Crippen MR) is 79.5 cm³/mol. The van der Waals surface area contributed by atoms with Crippen LogP contribution < -0.4 is 4.74 Å². The number of fused-ring (bicyclic) bond motifs is 1. The van der Waals surface area contributed by atoms with E-state index in [9.17, 15) is 9.90 Å². The van der Waals surface area contributed by atoms with Gasteiger partial charge in [0.25, 0.3) is 0 Å². The van der Waals surface area contributed by atoms with E-state index in [0.29, 0.717) is 5.75 Å². The summed E-state index contributed by atoms with van der Waals surface area (Å²) >= 11 is 0. The zero-order chi connectivity index (χ0) is 14.8. The summed E-state index contributed by atoms with van der Waals surface area (Å²) in [7, 11) is 3.52. The largest absolute Gasteiger partial charge is 0.504 e. The van der Waals surface area contributed by atoms with Gasteiger partial charge in [-0.05, 0) is 43.3 Å². The summed E-state index contributed by atoms with van der Waals surface area (Å²) in [5.41, 5.74) is 2.41. The number of carbonyl (C=O) groups excluding carboxylic acids is 1. The molecule has 1 spiro atoms. The SMILES string of the molecule is COc1ccc2c(c1O)C13CCN(C)C1C(=O)C=C3C=C2. The number of allylic oxidation sites excluding steroid dienone is 1. The molecule has 1 fully saturated rings. The molecule has 1 aliphatic heterocycles. The minimum atomic E-state index is -0.422. The van der Waals surface area contributed by atoms with Crippen LogP contribution in [0.3, 0.4) is 0 Å². The molecule has 108 valence electrons. The maximum atomic E-state index is 12.4. The number of nitrogens with zero attached hydrogens (tertiary/aromatic N) is 1. The lowest BCUT2D eigenvalue weighted by molar-refractivity contribution is -0.118. The Labute approximate surface area is 123 Å². The van der Waals surface area contributed by atoms with Gasteiger partial charge in [-0.25, -0.2) is 0 Å². The highest BCUT2D eigenvalue weighted by atomic mass is 16.5. The third-order valence-corrected chi connectivity index (χ3v) is 5.13. The number of benzene rings is 1. The fourth-order valence-corrected chi connectivity index (χ4v) is 4.26. The number of methoxy groups -OCH3 is 1. The van der Waals surface area contributed by atoms with E-state index in [1.165, 1.54) is 0 Å². The highest BCUT2D eigenvalue weighted by molar-refractivity contribution is 6.03. The van der Waals surface area contributed by atoms with E-state index in [-0.39, 0.29) is 17.6 Å². The number of aromatic hydroxyl groups is 1. The lowest BCUT2D eigenvalue weighted by Crippen LogP contribution is -2.43. The normalized spacial score (nSPS) is 29.9. The molecular weight excluding hydrogens is 266 g/mol. The van der Waals surface area contributed by atoms with Gasteiger partial charge in [0, 0.05) is 11.0 Å². The van der Waals surface area contributed by atoms with Crippen LogP contribution in [-0.2, 0) is 10.2 Å². The molecular formula is C17H17NO3. The van der Waals surface area contributed by atoms with Gasteiger partial charge >= 0.3 is 0 Å². The summed E-state index contributed by atoms with van der Waals surface area (Å²) in [5.74, 6) is 0.760. The molecule has 0 bridgehead atoms. The van der Waals surface area contributed by atoms with Crippen molar-refractivity contribution in [3.8, 4) is 11.5 Å². The average Bonchev–Trinajstić information content (AvgIpc) is 2.95. The van der Waals surface area contributed by atoms with Crippen LogP contribution in [0.4, 0.5) is 0 Å². The molecule has 0 amide bonds. The van der Waals surface area contributed by atoms with E-state index in [1.54, 1.807) is 19.3 Å². The van der Waals surface area contributed by atoms with Crippen LogP contribution in [0.15, 0.2) is 29.9 Å². The van der Waals surface area contributed by atoms with Crippen molar-refractivity contribution in [1.82, 2.24) is 4.90 Å². The number of hydrogen-bond acceptors (Lipinski definition) is 4. The summed E-state index contributed by atoms with van der Waals surface area (Å²) in [5, 5.41) is 10.7. The lowest BCUT2D eigenvalue weighted by atomic mass is 9.67. The van der Waals surface area contributed by atoms with Crippen molar-refractivity contribution >= 4 is 11.9 Å². The number of likely N-dealkylation sites (N-methyl/N-ethyl adjacent to an activating group) is 1. The van der Waals surface area contributed by atoms with Crippen molar-refractivity contribution < 1.29 is 14.6 Å². The number of carbonyl (C=O) groups is 1. The number of phenols is 1. The first kappa shape index (κ1) is 12.7. The third kappa shape index (κ3) is 1.36. The smallest absolute Gasteiger partial charge is 0.174 e. The summed E-state index contributed by atoms with van der Waals surface area (Å²) in [6, 6.07) is 3.51. The van der Waals surface area contributed by atoms with Crippen molar-refractivity contribution in [2.45, 2.75) is 17.9 Å². The topological polar surface area (TPSA) is 49.8 Å². The second-order valence-corrected chi connectivity index (χ2v) is 6.02. The standard InChI is InChI=1S/C17H17NO3/c1-18-8-7-17-11(9-12(19)16(17)18)5-3-10-4-6-13(21-2)15(20)14(10)17/h3-6,9,16,20H,7-8H2,1-2H3. The lowest BCUT2D eigenvalue weighted by Gasteiger charge is -2.37. The van der Waals surface area contributed by atoms with Crippen molar-refractivity contribution in [2.24, 2.45) is 0 Å². The van der Waals surface area contributed by atoms with Gasteiger partial charge < -0.3 is 9.84 Å². The van der Waals surface area contributed by atoms with E-state index >= 15 is 0 Å². The molecule has 1 aromatic rings. The number of ether oxygens (including phenoxy) is 1. The summed E-state index contributed by atoms with van der Waals surface area (Å²) in [6.45, 7) is 0.845. The molecule has 4 nitrogen and oxygen atoms in total. The van der Waals surface area contributed by atoms with Crippen LogP contribution in [0, 0.1) is 0 Å². The molecule has 2 aliphatic carbocycles. The van der Waals surface area contributed by atoms with Crippen LogP contribution in [-0.4, -0.2) is 42.5 Å². The molecule has 2 unspecified atom stereocenters. The number of hydrogen-bond donors (Lipinski definition) is 1. The van der Waals surface area contributed by atoms with Gasteiger partial charge in [0.05, 0.1) is 13.2 Å². The number of phenolic OH excluding ortho intramolecular Hbond substituents is 1. The van der Waals surface area contributed by atoms with Crippen LogP contribution in [0.1, 0.15) is 17.5 Å². The van der Waals surface area contributed by atoms with Crippen molar-refractivity contribution in [3.63, 3.8) is 0 Å². The molecule has 4 rings (SSSR count). The molecule has 0 saturated carbocycles. The van der Waals surface area contributed by atoms with Crippen molar-refractivity contribution in [3.05, 3.63) is 41.0 Å². The fraction of sp³-hybridized carbons (Fsp3) is 0.353. The Kier molecular flexibility index (Phi) is 2.40. The Morgan fingerprint density at radius 2 is 2.19 bits per heavy atom. The monoisotopic (exact) mass is 283 g/mol. The zero-order valence-corrected chi connectivity index (χ0v) is 12.1. The number of ketones is 1. The summed E-state index contributed by atoms with van der Waals surface area (Å²) in [4.78, 5) is 14.5. The van der Waals surface area contributed by atoms with Gasteiger partial charge in [-0.3, -0.25) is 9.69 Å². The second kappa shape index (κ2) is 3.98. The van der Waals surface area contributed by atoms with E-state index < -0.39 is 5.41 Å². The zero-order valence-electron chi connectivity index (χ0n) is 12.1. The Morgan fingerprint density at radius 3 is 2.95 bits per heavy atom. The van der Waals surface area contributed by atoms with Gasteiger partial charge in [0.1, 0.15) is 0 Å². The molecule has 21 heavy (non-hydrogen) atoms. The molecule has 4 heteroatoms. The van der Waals surface area contributed by atoms with Gasteiger partial charge in [-0.15, -0.1) is 0 Å². The minimum absolute atomic E-state index is 0.129. The molecule has 0 radical (unpaired) electrons. The predicted octanol–water partition coefficient (Wildman–Crippen LogP) is 1.88. The highest BCUT2D eigenvalue weighted by Gasteiger charge is 2.58. The van der Waals surface area contributed by atoms with E-state index in [1.807, 2.05) is 25.3 Å². The molecule has 1 heterocycles. The summed E-state index contributed by atoms with van der Waals surface area (Å²) < 4.78 is 5.27. The van der Waals surface area contributed by atoms with Crippen molar-refractivity contribution in [1.29, 1.82) is 0 Å². The molecule has 3 aliphatic rings. The van der Waals surface area contributed by atoms with E-state index in [4.69, 9.17) is 4.74 Å². The maximum absolute atomic E-state index is 12.4. The van der Waals surface area contributed by atoms with Crippen LogP contribution >= 0.6 is 0 Å². The molecule has 1 N–H and O–H groups in total. The first-order chi connectivity index (χ1) is 10.1. The number of rotatable bonds is 1. The Morgan fingerprint density at radius 1 is 1.38 bits per heavy atom. The van der Waals surface area contributed by atoms with E-state index in [0.717, 1.165) is 29.7 Å². The molecule has 2 atom stereocenters. The quantitative estimate of drug-likeness (QED) is 0.855. The van der Waals surface area contributed by atoms with Gasteiger partial charge in [0.15, 0.2) is 17.3 Å². The third-order valence-electron chi connectivity index (χ3n) is 5.13. The Bertz CT molecular complexity index is 719. The molecule has 1 aromatic carbocycles. The van der Waals surface area contributed by atoms with E-state index in [2.05, 4.69) is 4.90 Å². The maximum Gasteiger partial charge on any atom is 0.174 e. The van der Waals surface area contributed by atoms with Crippen LogP contribution in [0.2, 0.25) is 0 Å². The van der Waals surface area contributed by atoms with Crippen LogP contribution in [0.5, 0.6) is 11.5 Å². The number of likely N-dealkylation sites (tertiary alicyclic amines) is 1. The Hall–Kier alpha value is -2.07. The summed E-state index contributed by atoms with van der Waals surface area (Å²) in [6.07, 6.45) is 6.56. The van der Waals surface area contributed by atoms with Crippen molar-refractivity contribution in [2.75, 3.05) is 20.7 Å². The first-order valence-electron chi connectivity index (χ1n) is 7.14. The Balaban J connectivity index is 2.04. The fourth-order valence-electron chi connectivity index (χ4n) is 4.26. The van der Waals surface area contributed by atoms with Crippen LogP contribution in [0.25, 0.3) is 6.08 Å². The minimum Gasteiger partial charge on any atom is -0.504 e. The molecule has 0 aromatic heterocycles. The second-order valence-electron chi connectivity index (χ2n) is 6.02. The highest BCUT2D eigenvalue weighted by Crippen LogP contribution is 2.56. The van der Waals surface area contributed by atoms with Gasteiger partial charge in [-0.2, -0.15) is 0 Å². The van der Waals surface area contributed by atoms with Gasteiger partial charge in [0.2, 0.25) is 0 Å². The first-order valence-corrected chi connectivity index (χ1v) is 7.14. The average molecular weight is 283 g/mol.